The summed E-state index contributed by atoms with van der Waals surface area (Å²) in [6, 6.07) is 8.39. The smallest absolute Gasteiger partial charge is 0.283 e. The van der Waals surface area contributed by atoms with Crippen LogP contribution in [-0.2, 0) is 15.0 Å². The van der Waals surface area contributed by atoms with Crippen LogP contribution in [0.25, 0.3) is 11.1 Å². The monoisotopic (exact) mass is 439 g/mol. The van der Waals surface area contributed by atoms with E-state index in [1.807, 2.05) is 24.4 Å². The second kappa shape index (κ2) is 7.38. The first-order valence-electron chi connectivity index (χ1n) is 11.1. The SMILES string of the molecule is NC1=NC2(CO1)c1cc(-c3cncc(Cl)c3)ccc1O[C@H]1CCC(OCC3CC3)C[C@@H]12. The van der Waals surface area contributed by atoms with Crippen molar-refractivity contribution in [2.24, 2.45) is 22.6 Å². The van der Waals surface area contributed by atoms with Gasteiger partial charge in [0, 0.05) is 36.0 Å². The molecule has 6 rings (SSSR count). The molecule has 31 heavy (non-hydrogen) atoms. The molecule has 0 radical (unpaired) electrons. The average molecular weight is 440 g/mol. The van der Waals surface area contributed by atoms with Crippen LogP contribution < -0.4 is 10.5 Å². The molecule has 0 saturated heterocycles. The van der Waals surface area contributed by atoms with Gasteiger partial charge in [0.15, 0.2) is 0 Å². The molecule has 7 heteroatoms. The number of nitrogens with two attached hydrogens (primary N) is 1. The van der Waals surface area contributed by atoms with E-state index in [1.54, 1.807) is 6.20 Å². The number of fused-ring (bicyclic) bond motifs is 4. The van der Waals surface area contributed by atoms with Crippen LogP contribution in [0.3, 0.4) is 0 Å². The molecular formula is C24H26ClN3O3. The third-order valence-electron chi connectivity index (χ3n) is 7.13. The van der Waals surface area contributed by atoms with Gasteiger partial charge >= 0.3 is 0 Å². The number of nitrogens with zero attached hydrogens (tertiary/aromatic N) is 2. The number of ether oxygens (including phenoxy) is 3. The zero-order valence-corrected chi connectivity index (χ0v) is 18.1. The van der Waals surface area contributed by atoms with Gasteiger partial charge in [-0.25, -0.2) is 4.99 Å². The Bertz CT molecular complexity index is 1040. The van der Waals surface area contributed by atoms with Crippen LogP contribution in [0.5, 0.6) is 5.75 Å². The van der Waals surface area contributed by atoms with Crippen LogP contribution in [0.4, 0.5) is 0 Å². The normalized spacial score (nSPS) is 31.4. The highest BCUT2D eigenvalue weighted by Crippen LogP contribution is 2.53. The summed E-state index contributed by atoms with van der Waals surface area (Å²) in [5.74, 6) is 1.78. The Kier molecular flexibility index (Phi) is 4.62. The van der Waals surface area contributed by atoms with Crippen molar-refractivity contribution in [1.29, 1.82) is 0 Å². The van der Waals surface area contributed by atoms with Gasteiger partial charge in [-0.05, 0) is 61.8 Å². The first-order valence-corrected chi connectivity index (χ1v) is 11.5. The Labute approximate surface area is 186 Å². The minimum absolute atomic E-state index is 0.0882. The van der Waals surface area contributed by atoms with Crippen molar-refractivity contribution < 1.29 is 14.2 Å². The first kappa shape index (κ1) is 19.4. The molecule has 0 amide bonds. The van der Waals surface area contributed by atoms with Gasteiger partial charge in [0.2, 0.25) is 0 Å². The van der Waals surface area contributed by atoms with E-state index in [9.17, 15) is 0 Å². The summed E-state index contributed by atoms with van der Waals surface area (Å²) in [5, 5.41) is 0.607. The topological polar surface area (TPSA) is 79.0 Å². The summed E-state index contributed by atoms with van der Waals surface area (Å²) in [7, 11) is 0. The fraction of sp³-hybridized carbons (Fsp3) is 0.500. The largest absolute Gasteiger partial charge is 0.490 e. The van der Waals surface area contributed by atoms with E-state index < -0.39 is 5.54 Å². The van der Waals surface area contributed by atoms with E-state index in [-0.39, 0.29) is 24.1 Å². The van der Waals surface area contributed by atoms with Gasteiger partial charge in [-0.1, -0.05) is 17.7 Å². The molecule has 1 spiro atoms. The highest BCUT2D eigenvalue weighted by molar-refractivity contribution is 6.30. The number of rotatable bonds is 4. The number of aliphatic imine (C=N–C) groups is 1. The molecule has 1 aromatic carbocycles. The molecule has 2 aliphatic heterocycles. The van der Waals surface area contributed by atoms with Crippen molar-refractivity contribution in [3.63, 3.8) is 0 Å². The Morgan fingerprint density at radius 1 is 1.13 bits per heavy atom. The second-order valence-electron chi connectivity index (χ2n) is 9.24. The van der Waals surface area contributed by atoms with Crippen molar-refractivity contribution >= 4 is 17.6 Å². The molecule has 2 fully saturated rings. The van der Waals surface area contributed by atoms with Crippen molar-refractivity contribution in [2.45, 2.75) is 49.9 Å². The molecule has 2 saturated carbocycles. The Hall–Kier alpha value is -2.31. The van der Waals surface area contributed by atoms with Crippen LogP contribution >= 0.6 is 11.6 Å². The lowest BCUT2D eigenvalue weighted by Gasteiger charge is -2.48. The van der Waals surface area contributed by atoms with Crippen LogP contribution in [0, 0.1) is 11.8 Å². The fourth-order valence-corrected chi connectivity index (χ4v) is 5.49. The van der Waals surface area contributed by atoms with Gasteiger partial charge in [0.1, 0.15) is 24.0 Å². The number of aromatic nitrogens is 1. The quantitative estimate of drug-likeness (QED) is 0.768. The van der Waals surface area contributed by atoms with Gasteiger partial charge in [-0.15, -0.1) is 0 Å². The van der Waals surface area contributed by atoms with Crippen LogP contribution in [0.2, 0.25) is 5.02 Å². The van der Waals surface area contributed by atoms with Gasteiger partial charge in [-0.3, -0.25) is 4.98 Å². The third-order valence-corrected chi connectivity index (χ3v) is 7.34. The Balaban J connectivity index is 1.38. The predicted molar refractivity (Wildman–Crippen MR) is 118 cm³/mol. The number of amidine groups is 1. The molecular weight excluding hydrogens is 414 g/mol. The molecule has 6 nitrogen and oxygen atoms in total. The standard InChI is InChI=1S/C24H26ClN3O3/c25-17-7-16(10-27-11-17)15-3-5-21-19(8-15)24(13-30-23(26)28-24)20-9-18(4-6-22(20)31-21)29-12-14-1-2-14/h3,5,7-8,10-11,14,18,20,22H,1-2,4,6,9,12-13H2,(H2,26,28)/t18?,20-,22-,24?/m0/s1. The molecule has 4 atom stereocenters. The molecule has 3 heterocycles. The number of pyridine rings is 1. The molecule has 4 aliphatic rings. The maximum Gasteiger partial charge on any atom is 0.283 e. The minimum Gasteiger partial charge on any atom is -0.490 e. The van der Waals surface area contributed by atoms with E-state index in [0.29, 0.717) is 11.6 Å². The van der Waals surface area contributed by atoms with Crippen molar-refractivity contribution in [2.75, 3.05) is 13.2 Å². The van der Waals surface area contributed by atoms with Crippen LogP contribution in [0.15, 0.2) is 41.7 Å². The van der Waals surface area contributed by atoms with E-state index in [4.69, 9.17) is 36.5 Å². The zero-order chi connectivity index (χ0) is 21.0. The number of halogens is 1. The van der Waals surface area contributed by atoms with E-state index in [2.05, 4.69) is 11.1 Å². The maximum absolute atomic E-state index is 6.50. The highest BCUT2D eigenvalue weighted by atomic mass is 35.5. The summed E-state index contributed by atoms with van der Waals surface area (Å²) in [6.07, 6.45) is 9.26. The molecule has 2 unspecified atom stereocenters. The molecule has 2 N–H and O–H groups in total. The summed E-state index contributed by atoms with van der Waals surface area (Å²) in [5.41, 5.74) is 8.51. The molecule has 2 aliphatic carbocycles. The maximum atomic E-state index is 6.50. The lowest BCUT2D eigenvalue weighted by molar-refractivity contribution is -0.0643. The summed E-state index contributed by atoms with van der Waals surface area (Å²) in [6.45, 7) is 1.31. The number of hydrogen-bond donors (Lipinski definition) is 1. The van der Waals surface area contributed by atoms with E-state index in [0.717, 1.165) is 54.2 Å². The van der Waals surface area contributed by atoms with Gasteiger partial charge in [0.05, 0.1) is 11.1 Å². The Morgan fingerprint density at radius 3 is 2.81 bits per heavy atom. The van der Waals surface area contributed by atoms with E-state index >= 15 is 0 Å². The van der Waals surface area contributed by atoms with Crippen molar-refractivity contribution in [3.05, 3.63) is 47.2 Å². The highest BCUT2D eigenvalue weighted by Gasteiger charge is 2.55. The lowest BCUT2D eigenvalue weighted by atomic mass is 9.67. The second-order valence-corrected chi connectivity index (χ2v) is 9.68. The number of benzene rings is 1. The van der Waals surface area contributed by atoms with Crippen molar-refractivity contribution in [1.82, 2.24) is 4.98 Å². The fourth-order valence-electron chi connectivity index (χ4n) is 5.31. The van der Waals surface area contributed by atoms with Crippen LogP contribution in [-0.4, -0.2) is 36.4 Å². The van der Waals surface area contributed by atoms with Gasteiger partial charge < -0.3 is 19.9 Å². The van der Waals surface area contributed by atoms with Crippen molar-refractivity contribution in [3.8, 4) is 16.9 Å². The summed E-state index contributed by atoms with van der Waals surface area (Å²) < 4.78 is 18.5. The lowest BCUT2D eigenvalue weighted by Crippen LogP contribution is -2.52. The molecule has 2 aromatic rings. The first-order chi connectivity index (χ1) is 15.1. The third kappa shape index (κ3) is 3.46. The number of hydrogen-bond acceptors (Lipinski definition) is 6. The summed E-state index contributed by atoms with van der Waals surface area (Å²) >= 11 is 6.18. The van der Waals surface area contributed by atoms with E-state index in [1.165, 1.54) is 12.8 Å². The average Bonchev–Trinajstić information content (AvgIpc) is 3.53. The zero-order valence-electron chi connectivity index (χ0n) is 17.3. The van der Waals surface area contributed by atoms with Gasteiger partial charge in [0.25, 0.3) is 6.02 Å². The van der Waals surface area contributed by atoms with Gasteiger partial charge in [-0.2, -0.15) is 0 Å². The Morgan fingerprint density at radius 2 is 2.03 bits per heavy atom. The predicted octanol–water partition coefficient (Wildman–Crippen LogP) is 4.30. The summed E-state index contributed by atoms with van der Waals surface area (Å²) in [4.78, 5) is 9.13. The minimum atomic E-state index is -0.550. The van der Waals surface area contributed by atoms with Crippen LogP contribution in [0.1, 0.15) is 37.7 Å². The molecule has 162 valence electrons. The molecule has 0 bridgehead atoms. The molecule has 1 aromatic heterocycles.